The van der Waals surface area contributed by atoms with Gasteiger partial charge in [-0.3, -0.25) is 4.68 Å². The summed E-state index contributed by atoms with van der Waals surface area (Å²) in [5.41, 5.74) is 1.08. The Kier molecular flexibility index (Phi) is 3.98. The zero-order valence-corrected chi connectivity index (χ0v) is 10.0. The number of hydrogen-bond donors (Lipinski definition) is 1. The summed E-state index contributed by atoms with van der Waals surface area (Å²) in [4.78, 5) is 0. The molecule has 0 aliphatic rings. The van der Waals surface area contributed by atoms with Crippen molar-refractivity contribution in [2.45, 2.75) is 38.8 Å². The average Bonchev–Trinajstić information content (AvgIpc) is 2.97. The van der Waals surface area contributed by atoms with E-state index in [0.717, 1.165) is 24.3 Å². The molecule has 1 atom stereocenters. The van der Waals surface area contributed by atoms with Crippen LogP contribution >= 0.6 is 0 Å². The van der Waals surface area contributed by atoms with Crippen molar-refractivity contribution >= 4 is 0 Å². The Morgan fingerprint density at radius 1 is 1.53 bits per heavy atom. The summed E-state index contributed by atoms with van der Waals surface area (Å²) in [6, 6.07) is 3.80. The van der Waals surface area contributed by atoms with Gasteiger partial charge in [0.15, 0.2) is 0 Å². The second kappa shape index (κ2) is 5.68. The topological polar surface area (TPSA) is 51.2 Å². The summed E-state index contributed by atoms with van der Waals surface area (Å²) >= 11 is 0. The smallest absolute Gasteiger partial charge is 0.103 e. The van der Waals surface area contributed by atoms with Gasteiger partial charge in [-0.2, -0.15) is 5.10 Å². The normalized spacial score (nSPS) is 12.8. The Bertz CT molecular complexity index is 434. The number of nitrogens with zero attached hydrogens (tertiary/aromatic N) is 2. The first-order valence-electron chi connectivity index (χ1n) is 5.99. The van der Waals surface area contributed by atoms with Crippen LogP contribution in [0.25, 0.3) is 0 Å². The van der Waals surface area contributed by atoms with Gasteiger partial charge in [0.25, 0.3) is 0 Å². The molecule has 17 heavy (non-hydrogen) atoms. The maximum absolute atomic E-state index is 9.90. The Balaban J connectivity index is 1.78. The lowest BCUT2D eigenvalue weighted by Gasteiger charge is -2.07. The van der Waals surface area contributed by atoms with Gasteiger partial charge in [0.05, 0.1) is 18.6 Å². The van der Waals surface area contributed by atoms with E-state index in [1.54, 1.807) is 6.26 Å². The zero-order chi connectivity index (χ0) is 12.1. The van der Waals surface area contributed by atoms with Crippen LogP contribution in [-0.2, 0) is 19.4 Å². The number of aliphatic hydroxyl groups excluding tert-OH is 1. The number of hydrogen-bond acceptors (Lipinski definition) is 3. The van der Waals surface area contributed by atoms with Crippen LogP contribution in [0.5, 0.6) is 0 Å². The molecule has 4 nitrogen and oxygen atoms in total. The second-order valence-electron chi connectivity index (χ2n) is 4.18. The van der Waals surface area contributed by atoms with Crippen molar-refractivity contribution in [1.29, 1.82) is 0 Å². The summed E-state index contributed by atoms with van der Waals surface area (Å²) in [5.74, 6) is 0.924. The molecule has 2 heterocycles. The SMILES string of the molecule is CCn1cc(CC(O)CCc2ccco2)cn1. The van der Waals surface area contributed by atoms with E-state index in [0.29, 0.717) is 12.8 Å². The van der Waals surface area contributed by atoms with E-state index in [-0.39, 0.29) is 6.10 Å². The predicted octanol–water partition coefficient (Wildman–Crippen LogP) is 2.03. The monoisotopic (exact) mass is 234 g/mol. The van der Waals surface area contributed by atoms with Crippen molar-refractivity contribution in [3.63, 3.8) is 0 Å². The van der Waals surface area contributed by atoms with E-state index < -0.39 is 0 Å². The molecule has 0 radical (unpaired) electrons. The molecule has 0 aliphatic heterocycles. The standard InChI is InChI=1S/C13H18N2O2/c1-2-15-10-11(9-14-15)8-12(16)5-6-13-4-3-7-17-13/h3-4,7,9-10,12,16H,2,5-6,8H2,1H3. The molecule has 0 spiro atoms. The van der Waals surface area contributed by atoms with Gasteiger partial charge in [-0.15, -0.1) is 0 Å². The van der Waals surface area contributed by atoms with Crippen LogP contribution in [0.3, 0.4) is 0 Å². The van der Waals surface area contributed by atoms with Gasteiger partial charge in [-0.05, 0) is 31.0 Å². The van der Waals surface area contributed by atoms with Crippen molar-refractivity contribution in [1.82, 2.24) is 9.78 Å². The summed E-state index contributed by atoms with van der Waals surface area (Å²) in [6.07, 6.45) is 7.26. The van der Waals surface area contributed by atoms with E-state index in [1.165, 1.54) is 0 Å². The van der Waals surface area contributed by atoms with Gasteiger partial charge in [0.2, 0.25) is 0 Å². The minimum Gasteiger partial charge on any atom is -0.469 e. The van der Waals surface area contributed by atoms with Crippen LogP contribution in [-0.4, -0.2) is 21.0 Å². The minimum atomic E-state index is -0.338. The zero-order valence-electron chi connectivity index (χ0n) is 10.0. The summed E-state index contributed by atoms with van der Waals surface area (Å²) in [5, 5.41) is 14.1. The number of furan rings is 1. The molecule has 0 fully saturated rings. The number of rotatable bonds is 6. The number of aromatic nitrogens is 2. The highest BCUT2D eigenvalue weighted by Crippen LogP contribution is 2.10. The molecule has 0 aromatic carbocycles. The summed E-state index contributed by atoms with van der Waals surface area (Å²) in [6.45, 7) is 2.91. The van der Waals surface area contributed by atoms with E-state index in [4.69, 9.17) is 4.42 Å². The molecular weight excluding hydrogens is 216 g/mol. The third-order valence-electron chi connectivity index (χ3n) is 2.79. The first-order chi connectivity index (χ1) is 8.28. The van der Waals surface area contributed by atoms with Crippen molar-refractivity contribution in [3.05, 3.63) is 42.1 Å². The molecule has 0 bridgehead atoms. The van der Waals surface area contributed by atoms with Gasteiger partial charge in [0.1, 0.15) is 5.76 Å². The maximum atomic E-state index is 9.90. The van der Waals surface area contributed by atoms with Crippen LogP contribution in [0.1, 0.15) is 24.7 Å². The summed E-state index contributed by atoms with van der Waals surface area (Å²) in [7, 11) is 0. The van der Waals surface area contributed by atoms with Crippen LogP contribution in [0.4, 0.5) is 0 Å². The maximum Gasteiger partial charge on any atom is 0.103 e. The van der Waals surface area contributed by atoms with Gasteiger partial charge in [0, 0.05) is 25.6 Å². The van der Waals surface area contributed by atoms with Gasteiger partial charge in [-0.25, -0.2) is 0 Å². The lowest BCUT2D eigenvalue weighted by molar-refractivity contribution is 0.163. The van der Waals surface area contributed by atoms with Crippen LogP contribution in [0.15, 0.2) is 35.2 Å². The molecule has 1 N–H and O–H groups in total. The molecule has 92 valence electrons. The van der Waals surface area contributed by atoms with E-state index >= 15 is 0 Å². The molecule has 1 unspecified atom stereocenters. The second-order valence-corrected chi connectivity index (χ2v) is 4.18. The molecule has 2 aromatic heterocycles. The van der Waals surface area contributed by atoms with Gasteiger partial charge < -0.3 is 9.52 Å². The third-order valence-corrected chi connectivity index (χ3v) is 2.79. The Hall–Kier alpha value is -1.55. The van der Waals surface area contributed by atoms with Crippen molar-refractivity contribution in [2.24, 2.45) is 0 Å². The molecule has 0 amide bonds. The highest BCUT2D eigenvalue weighted by atomic mass is 16.3. The lowest BCUT2D eigenvalue weighted by atomic mass is 10.1. The van der Waals surface area contributed by atoms with Crippen LogP contribution in [0, 0.1) is 0 Å². The Morgan fingerprint density at radius 2 is 2.41 bits per heavy atom. The first-order valence-corrected chi connectivity index (χ1v) is 5.99. The molecule has 4 heteroatoms. The molecular formula is C13H18N2O2. The predicted molar refractivity (Wildman–Crippen MR) is 64.6 cm³/mol. The van der Waals surface area contributed by atoms with Crippen LogP contribution < -0.4 is 0 Å². The highest BCUT2D eigenvalue weighted by Gasteiger charge is 2.08. The highest BCUT2D eigenvalue weighted by molar-refractivity contribution is 5.06. The molecule has 0 aliphatic carbocycles. The molecule has 0 saturated heterocycles. The first kappa shape index (κ1) is 11.9. The summed E-state index contributed by atoms with van der Waals surface area (Å²) < 4.78 is 7.10. The Labute approximate surface area is 101 Å². The van der Waals surface area contributed by atoms with E-state index in [9.17, 15) is 5.11 Å². The molecule has 0 saturated carbocycles. The minimum absolute atomic E-state index is 0.338. The third kappa shape index (κ3) is 3.46. The quantitative estimate of drug-likeness (QED) is 0.832. The molecule has 2 rings (SSSR count). The fourth-order valence-electron chi connectivity index (χ4n) is 1.82. The lowest BCUT2D eigenvalue weighted by Crippen LogP contribution is -2.11. The average molecular weight is 234 g/mol. The fourth-order valence-corrected chi connectivity index (χ4v) is 1.82. The van der Waals surface area contributed by atoms with Crippen molar-refractivity contribution < 1.29 is 9.52 Å². The largest absolute Gasteiger partial charge is 0.469 e. The van der Waals surface area contributed by atoms with E-state index in [1.807, 2.05) is 36.1 Å². The molecule has 2 aromatic rings. The van der Waals surface area contributed by atoms with Crippen LogP contribution in [0.2, 0.25) is 0 Å². The van der Waals surface area contributed by atoms with Gasteiger partial charge in [-0.1, -0.05) is 0 Å². The van der Waals surface area contributed by atoms with E-state index in [2.05, 4.69) is 5.10 Å². The van der Waals surface area contributed by atoms with Gasteiger partial charge >= 0.3 is 0 Å². The Morgan fingerprint density at radius 3 is 3.06 bits per heavy atom. The van der Waals surface area contributed by atoms with Crippen molar-refractivity contribution in [3.8, 4) is 0 Å². The van der Waals surface area contributed by atoms with Crippen molar-refractivity contribution in [2.75, 3.05) is 0 Å². The number of aliphatic hydroxyl groups is 1. The fraction of sp³-hybridized carbons (Fsp3) is 0.462. The number of aryl methyl sites for hydroxylation is 2.